The van der Waals surface area contributed by atoms with Gasteiger partial charge >= 0.3 is 0 Å². The van der Waals surface area contributed by atoms with Gasteiger partial charge in [0.1, 0.15) is 17.6 Å². The van der Waals surface area contributed by atoms with Crippen LogP contribution in [0.2, 0.25) is 0 Å². The minimum atomic E-state index is -0.625. The molecule has 2 aromatic rings. The number of hydrogen-bond donors (Lipinski definition) is 1. The maximum Gasteiger partial charge on any atom is 0.242 e. The summed E-state index contributed by atoms with van der Waals surface area (Å²) in [4.78, 5) is 26.7. The number of hydrogen-bond acceptors (Lipinski definition) is 3. The van der Waals surface area contributed by atoms with Crippen LogP contribution in [0.4, 0.5) is 4.39 Å². The Kier molecular flexibility index (Phi) is 7.34. The van der Waals surface area contributed by atoms with Crippen molar-refractivity contribution in [2.45, 2.75) is 32.9 Å². The molecule has 6 heteroatoms. The number of benzene rings is 2. The lowest BCUT2D eigenvalue weighted by atomic mass is 10.1. The van der Waals surface area contributed by atoms with Crippen LogP contribution in [-0.2, 0) is 22.6 Å². The lowest BCUT2D eigenvalue weighted by Gasteiger charge is -2.29. The van der Waals surface area contributed by atoms with Gasteiger partial charge in [-0.3, -0.25) is 9.59 Å². The van der Waals surface area contributed by atoms with E-state index in [2.05, 4.69) is 5.32 Å². The molecule has 2 rings (SSSR count). The summed E-state index contributed by atoms with van der Waals surface area (Å²) in [7, 11) is 1.59. The first-order valence-electron chi connectivity index (χ1n) is 8.89. The second kappa shape index (κ2) is 9.71. The largest absolute Gasteiger partial charge is 0.497 e. The number of nitrogens with one attached hydrogen (secondary N) is 1. The fourth-order valence-electron chi connectivity index (χ4n) is 2.71. The number of methoxy groups -OCH3 is 1. The molecule has 0 aliphatic carbocycles. The fourth-order valence-corrected chi connectivity index (χ4v) is 2.71. The lowest BCUT2D eigenvalue weighted by molar-refractivity contribution is -0.140. The molecule has 2 amide bonds. The average Bonchev–Trinajstić information content (AvgIpc) is 2.68. The van der Waals surface area contributed by atoms with Crippen molar-refractivity contribution in [1.29, 1.82) is 0 Å². The number of rotatable bonds is 8. The summed E-state index contributed by atoms with van der Waals surface area (Å²) < 4.78 is 18.2. The Labute approximate surface area is 159 Å². The first-order chi connectivity index (χ1) is 12.9. The molecular formula is C21H25FN2O3. The minimum Gasteiger partial charge on any atom is -0.497 e. The quantitative estimate of drug-likeness (QED) is 0.775. The van der Waals surface area contributed by atoms with Crippen LogP contribution in [0.3, 0.4) is 0 Å². The Morgan fingerprint density at radius 2 is 1.67 bits per heavy atom. The molecule has 0 bridgehead atoms. The van der Waals surface area contributed by atoms with Crippen molar-refractivity contribution in [1.82, 2.24) is 10.2 Å². The molecular weight excluding hydrogens is 347 g/mol. The number of halogens is 1. The maximum absolute atomic E-state index is 13.1. The van der Waals surface area contributed by atoms with Gasteiger partial charge in [0.25, 0.3) is 0 Å². The smallest absolute Gasteiger partial charge is 0.242 e. The minimum absolute atomic E-state index is 0.0974. The van der Waals surface area contributed by atoms with Crippen LogP contribution in [0.1, 0.15) is 25.0 Å². The highest BCUT2D eigenvalue weighted by molar-refractivity contribution is 5.88. The van der Waals surface area contributed by atoms with E-state index in [9.17, 15) is 14.0 Å². The van der Waals surface area contributed by atoms with Gasteiger partial charge in [-0.1, -0.05) is 24.3 Å². The third-order valence-corrected chi connectivity index (χ3v) is 4.30. The van der Waals surface area contributed by atoms with Crippen molar-refractivity contribution in [3.05, 3.63) is 65.5 Å². The van der Waals surface area contributed by atoms with E-state index in [1.807, 2.05) is 31.2 Å². The number of carbonyl (C=O) groups excluding carboxylic acids is 2. The molecule has 144 valence electrons. The van der Waals surface area contributed by atoms with Crippen molar-refractivity contribution in [2.24, 2.45) is 0 Å². The molecule has 0 aliphatic rings. The van der Waals surface area contributed by atoms with Crippen LogP contribution in [0, 0.1) is 5.82 Å². The lowest BCUT2D eigenvalue weighted by Crippen LogP contribution is -2.48. The summed E-state index contributed by atoms with van der Waals surface area (Å²) in [5.74, 6) is -0.0358. The number of amides is 2. The normalized spacial score (nSPS) is 11.6. The van der Waals surface area contributed by atoms with Crippen LogP contribution in [0.5, 0.6) is 5.75 Å². The molecule has 0 aromatic heterocycles. The zero-order valence-corrected chi connectivity index (χ0v) is 15.9. The molecule has 2 aromatic carbocycles. The second-order valence-electron chi connectivity index (χ2n) is 6.24. The van der Waals surface area contributed by atoms with E-state index >= 15 is 0 Å². The Balaban J connectivity index is 2.20. The van der Waals surface area contributed by atoms with E-state index in [-0.39, 0.29) is 24.1 Å². The van der Waals surface area contributed by atoms with Crippen LogP contribution >= 0.6 is 0 Å². The molecule has 0 fully saturated rings. The SMILES string of the molecule is CCNC(=O)[C@H](C)N(Cc1ccc(OC)cc1)C(=O)Cc1ccc(F)cc1. The summed E-state index contributed by atoms with van der Waals surface area (Å²) in [6, 6.07) is 12.5. The predicted octanol–water partition coefficient (Wildman–Crippen LogP) is 2.93. The predicted molar refractivity (Wildman–Crippen MR) is 102 cm³/mol. The zero-order chi connectivity index (χ0) is 19.8. The molecule has 0 saturated heterocycles. The third-order valence-electron chi connectivity index (χ3n) is 4.30. The van der Waals surface area contributed by atoms with Crippen molar-refractivity contribution in [2.75, 3.05) is 13.7 Å². The Morgan fingerprint density at radius 1 is 1.07 bits per heavy atom. The molecule has 5 nitrogen and oxygen atoms in total. The summed E-state index contributed by atoms with van der Waals surface area (Å²) in [6.45, 7) is 4.32. The van der Waals surface area contributed by atoms with E-state index in [1.54, 1.807) is 26.2 Å². The Bertz CT molecular complexity index is 760. The van der Waals surface area contributed by atoms with E-state index < -0.39 is 6.04 Å². The first-order valence-corrected chi connectivity index (χ1v) is 8.89. The highest BCUT2D eigenvalue weighted by Gasteiger charge is 2.25. The fraction of sp³-hybridized carbons (Fsp3) is 0.333. The molecule has 0 aliphatic heterocycles. The summed E-state index contributed by atoms with van der Waals surface area (Å²) in [6.07, 6.45) is 0.0974. The zero-order valence-electron chi connectivity index (χ0n) is 15.9. The van der Waals surface area contributed by atoms with Crippen LogP contribution < -0.4 is 10.1 Å². The second-order valence-corrected chi connectivity index (χ2v) is 6.24. The molecule has 1 atom stereocenters. The van der Waals surface area contributed by atoms with Gasteiger partial charge < -0.3 is 15.0 Å². The number of ether oxygens (including phenoxy) is 1. The molecule has 0 saturated carbocycles. The van der Waals surface area contributed by atoms with Crippen LogP contribution in [0.15, 0.2) is 48.5 Å². The molecule has 0 heterocycles. The maximum atomic E-state index is 13.1. The Hall–Kier alpha value is -2.89. The molecule has 0 unspecified atom stereocenters. The van der Waals surface area contributed by atoms with Gasteiger partial charge in [-0.15, -0.1) is 0 Å². The van der Waals surface area contributed by atoms with Crippen LogP contribution in [0.25, 0.3) is 0 Å². The molecule has 1 N–H and O–H groups in total. The monoisotopic (exact) mass is 372 g/mol. The third kappa shape index (κ3) is 5.81. The van der Waals surface area contributed by atoms with E-state index in [1.165, 1.54) is 17.0 Å². The summed E-state index contributed by atoms with van der Waals surface area (Å²) in [5.41, 5.74) is 1.59. The van der Waals surface area contributed by atoms with Gasteiger partial charge in [-0.2, -0.15) is 0 Å². The van der Waals surface area contributed by atoms with Crippen molar-refractivity contribution in [3.8, 4) is 5.75 Å². The number of nitrogens with zero attached hydrogens (tertiary/aromatic N) is 1. The van der Waals surface area contributed by atoms with Crippen molar-refractivity contribution in [3.63, 3.8) is 0 Å². The highest BCUT2D eigenvalue weighted by Crippen LogP contribution is 2.16. The molecule has 0 radical (unpaired) electrons. The van der Waals surface area contributed by atoms with Gasteiger partial charge in [0.15, 0.2) is 0 Å². The topological polar surface area (TPSA) is 58.6 Å². The van der Waals surface area contributed by atoms with E-state index in [4.69, 9.17) is 4.74 Å². The van der Waals surface area contributed by atoms with Gasteiger partial charge in [0.2, 0.25) is 11.8 Å². The highest BCUT2D eigenvalue weighted by atomic mass is 19.1. The van der Waals surface area contributed by atoms with Crippen LogP contribution in [-0.4, -0.2) is 36.4 Å². The molecule has 27 heavy (non-hydrogen) atoms. The van der Waals surface area contributed by atoms with Crippen molar-refractivity contribution < 1.29 is 18.7 Å². The van der Waals surface area contributed by atoms with Gasteiger partial charge in [0, 0.05) is 13.1 Å². The van der Waals surface area contributed by atoms with Gasteiger partial charge in [-0.05, 0) is 49.2 Å². The molecule has 0 spiro atoms. The average molecular weight is 372 g/mol. The van der Waals surface area contributed by atoms with E-state index in [0.717, 1.165) is 11.3 Å². The standard InChI is InChI=1S/C21H25FN2O3/c1-4-23-21(26)15(2)24(14-17-7-11-19(27-3)12-8-17)20(25)13-16-5-9-18(22)10-6-16/h5-12,15H,4,13-14H2,1-3H3,(H,23,26)/t15-/m0/s1. The van der Waals surface area contributed by atoms with Gasteiger partial charge in [-0.25, -0.2) is 4.39 Å². The van der Waals surface area contributed by atoms with Gasteiger partial charge in [0.05, 0.1) is 13.5 Å². The summed E-state index contributed by atoms with van der Waals surface area (Å²) >= 11 is 0. The Morgan fingerprint density at radius 3 is 2.22 bits per heavy atom. The summed E-state index contributed by atoms with van der Waals surface area (Å²) in [5, 5.41) is 2.75. The van der Waals surface area contributed by atoms with Crippen molar-refractivity contribution >= 4 is 11.8 Å². The number of carbonyl (C=O) groups is 2. The number of likely N-dealkylation sites (N-methyl/N-ethyl adjacent to an activating group) is 1. The first kappa shape index (κ1) is 20.4. The van der Waals surface area contributed by atoms with E-state index in [0.29, 0.717) is 18.7 Å².